The third kappa shape index (κ3) is 4.11. The number of hydrogen-bond acceptors (Lipinski definition) is 2. The van der Waals surface area contributed by atoms with Crippen molar-refractivity contribution in [3.05, 3.63) is 34.1 Å². The van der Waals surface area contributed by atoms with Crippen molar-refractivity contribution in [2.24, 2.45) is 5.92 Å². The van der Waals surface area contributed by atoms with Crippen LogP contribution < -0.4 is 0 Å². The van der Waals surface area contributed by atoms with Crippen LogP contribution in [0.25, 0.3) is 0 Å². The molecule has 0 heterocycles. The fourth-order valence-electron chi connectivity index (χ4n) is 2.50. The Balaban J connectivity index is 1.80. The van der Waals surface area contributed by atoms with Crippen LogP contribution in [0.2, 0.25) is 0 Å². The molecule has 0 radical (unpaired) electrons. The lowest BCUT2D eigenvalue weighted by Crippen LogP contribution is -2.33. The van der Waals surface area contributed by atoms with Gasteiger partial charge >= 0.3 is 0 Å². The van der Waals surface area contributed by atoms with Crippen LogP contribution in [-0.4, -0.2) is 18.5 Å². The normalized spacial score (nSPS) is 22.1. The van der Waals surface area contributed by atoms with Crippen molar-refractivity contribution in [2.45, 2.75) is 38.7 Å². The second-order valence-corrected chi connectivity index (χ2v) is 5.92. The minimum atomic E-state index is -0.300. The van der Waals surface area contributed by atoms with Crippen LogP contribution in [0, 0.1) is 11.7 Å². The highest BCUT2D eigenvalue weighted by atomic mass is 79.9. The Morgan fingerprint density at radius 2 is 2.21 bits per heavy atom. The van der Waals surface area contributed by atoms with Gasteiger partial charge in [0.25, 0.3) is 0 Å². The number of ether oxygens (including phenoxy) is 1. The van der Waals surface area contributed by atoms with Gasteiger partial charge in [0.15, 0.2) is 0 Å². The van der Waals surface area contributed by atoms with Gasteiger partial charge in [0.2, 0.25) is 0 Å². The zero-order valence-corrected chi connectivity index (χ0v) is 12.6. The van der Waals surface area contributed by atoms with Crippen LogP contribution in [-0.2, 0) is 16.0 Å². The molecule has 0 amide bonds. The number of carbonyl (C=O) groups excluding carboxylic acids is 1. The van der Waals surface area contributed by atoms with E-state index in [1.54, 1.807) is 6.07 Å². The van der Waals surface area contributed by atoms with E-state index in [1.807, 2.05) is 6.92 Å². The van der Waals surface area contributed by atoms with Gasteiger partial charge in [-0.05, 0) is 49.4 Å². The minimum absolute atomic E-state index is 0.172. The van der Waals surface area contributed by atoms with Crippen LogP contribution in [0.4, 0.5) is 4.39 Å². The van der Waals surface area contributed by atoms with Gasteiger partial charge in [-0.25, -0.2) is 4.39 Å². The first-order chi connectivity index (χ1) is 9.08. The lowest BCUT2D eigenvalue weighted by molar-refractivity contribution is -0.121. The summed E-state index contributed by atoms with van der Waals surface area (Å²) in [6.07, 6.45) is 3.16. The fourth-order valence-corrected chi connectivity index (χ4v) is 2.89. The first kappa shape index (κ1) is 14.7. The van der Waals surface area contributed by atoms with Crippen LogP contribution >= 0.6 is 15.9 Å². The smallest absolute Gasteiger partial charge is 0.137 e. The van der Waals surface area contributed by atoms with E-state index < -0.39 is 0 Å². The van der Waals surface area contributed by atoms with E-state index in [4.69, 9.17) is 4.74 Å². The number of rotatable bonds is 6. The molecular weight excluding hydrogens is 311 g/mol. The fraction of sp³-hybridized carbons (Fsp3) is 0.533. The molecule has 2 nitrogen and oxygen atoms in total. The van der Waals surface area contributed by atoms with E-state index in [2.05, 4.69) is 15.9 Å². The summed E-state index contributed by atoms with van der Waals surface area (Å²) >= 11 is 3.35. The monoisotopic (exact) mass is 328 g/mol. The summed E-state index contributed by atoms with van der Waals surface area (Å²) in [4.78, 5) is 12.0. The minimum Gasteiger partial charge on any atom is -0.378 e. The average Bonchev–Trinajstić information content (AvgIpc) is 2.31. The predicted octanol–water partition coefficient (Wildman–Crippen LogP) is 3.91. The van der Waals surface area contributed by atoms with Gasteiger partial charge in [-0.3, -0.25) is 4.79 Å². The lowest BCUT2D eigenvalue weighted by atomic mass is 9.78. The van der Waals surface area contributed by atoms with Crippen molar-refractivity contribution in [3.63, 3.8) is 0 Å². The Morgan fingerprint density at radius 1 is 1.47 bits per heavy atom. The number of hydrogen-bond donors (Lipinski definition) is 0. The molecule has 4 heteroatoms. The van der Waals surface area contributed by atoms with Crippen molar-refractivity contribution in [2.75, 3.05) is 6.61 Å². The number of ketones is 1. The molecule has 19 heavy (non-hydrogen) atoms. The largest absolute Gasteiger partial charge is 0.378 e. The molecule has 0 spiro atoms. The second kappa shape index (κ2) is 6.62. The van der Waals surface area contributed by atoms with Crippen molar-refractivity contribution in [1.29, 1.82) is 0 Å². The molecule has 1 aromatic rings. The van der Waals surface area contributed by atoms with Gasteiger partial charge in [-0.1, -0.05) is 15.9 Å². The predicted molar refractivity (Wildman–Crippen MR) is 75.6 cm³/mol. The molecule has 0 aromatic heterocycles. The van der Waals surface area contributed by atoms with Crippen LogP contribution in [0.15, 0.2) is 22.7 Å². The molecule has 0 bridgehead atoms. The molecule has 1 aromatic carbocycles. The summed E-state index contributed by atoms with van der Waals surface area (Å²) in [6.45, 7) is 2.72. The van der Waals surface area contributed by atoms with Gasteiger partial charge in [0, 0.05) is 23.9 Å². The maximum Gasteiger partial charge on any atom is 0.137 e. The third-order valence-electron chi connectivity index (χ3n) is 3.51. The van der Waals surface area contributed by atoms with E-state index in [1.165, 1.54) is 12.1 Å². The zero-order valence-electron chi connectivity index (χ0n) is 11.0. The Morgan fingerprint density at radius 3 is 2.89 bits per heavy atom. The van der Waals surface area contributed by atoms with E-state index in [0.29, 0.717) is 24.9 Å². The van der Waals surface area contributed by atoms with Crippen molar-refractivity contribution in [1.82, 2.24) is 0 Å². The lowest BCUT2D eigenvalue weighted by Gasteiger charge is -2.34. The van der Waals surface area contributed by atoms with Gasteiger partial charge in [0.1, 0.15) is 11.6 Å². The Kier molecular flexibility index (Phi) is 5.11. The highest BCUT2D eigenvalue weighted by Gasteiger charge is 2.30. The number of carbonyl (C=O) groups is 1. The summed E-state index contributed by atoms with van der Waals surface area (Å²) in [7, 11) is 0. The van der Waals surface area contributed by atoms with Gasteiger partial charge in [0.05, 0.1) is 6.10 Å². The summed E-state index contributed by atoms with van der Waals surface area (Å²) in [5.41, 5.74) is 0.727. The Labute approximate surface area is 121 Å². The first-order valence-corrected chi connectivity index (χ1v) is 7.45. The third-order valence-corrected chi connectivity index (χ3v) is 4.28. The van der Waals surface area contributed by atoms with Crippen LogP contribution in [0.1, 0.15) is 31.7 Å². The number of benzene rings is 1. The average molecular weight is 329 g/mol. The molecule has 0 unspecified atom stereocenters. The summed E-state index contributed by atoms with van der Waals surface area (Å²) in [6, 6.07) is 4.45. The van der Waals surface area contributed by atoms with Gasteiger partial charge in [-0.15, -0.1) is 0 Å². The molecule has 0 aliphatic heterocycles. The van der Waals surface area contributed by atoms with Crippen molar-refractivity contribution >= 4 is 21.7 Å². The highest BCUT2D eigenvalue weighted by molar-refractivity contribution is 9.10. The number of Topliss-reactive ketones (excluding diaryl/α,β-unsaturated/α-hetero) is 1. The maximum atomic E-state index is 13.1. The first-order valence-electron chi connectivity index (χ1n) is 6.65. The Hall–Kier alpha value is -0.740. The number of halogens is 2. The van der Waals surface area contributed by atoms with Crippen molar-refractivity contribution in [3.8, 4) is 0 Å². The highest BCUT2D eigenvalue weighted by Crippen LogP contribution is 2.33. The standard InChI is InChI=1S/C15H18BrFO2/c1-2-19-14-6-10(7-14)5-13(18)9-11-8-12(17)3-4-15(11)16/h3-4,8,10,14H,2,5-7,9H2,1H3. The Bertz CT molecular complexity index is 455. The SMILES string of the molecule is CCOC1CC(CC(=O)Cc2cc(F)ccc2Br)C1. The summed E-state index contributed by atoms with van der Waals surface area (Å²) in [5, 5.41) is 0. The topological polar surface area (TPSA) is 26.3 Å². The summed E-state index contributed by atoms with van der Waals surface area (Å²) in [5.74, 6) is 0.314. The summed E-state index contributed by atoms with van der Waals surface area (Å²) < 4.78 is 19.4. The van der Waals surface area contributed by atoms with E-state index in [-0.39, 0.29) is 11.6 Å². The second-order valence-electron chi connectivity index (χ2n) is 5.07. The zero-order chi connectivity index (χ0) is 13.8. The molecule has 1 saturated carbocycles. The van der Waals surface area contributed by atoms with E-state index in [9.17, 15) is 9.18 Å². The molecule has 0 atom stereocenters. The molecule has 1 aliphatic carbocycles. The molecular formula is C15H18BrFO2. The van der Waals surface area contributed by atoms with Gasteiger partial charge in [-0.2, -0.15) is 0 Å². The molecule has 104 valence electrons. The molecule has 1 aliphatic rings. The van der Waals surface area contributed by atoms with Crippen LogP contribution in [0.5, 0.6) is 0 Å². The van der Waals surface area contributed by atoms with Crippen molar-refractivity contribution < 1.29 is 13.9 Å². The van der Waals surface area contributed by atoms with E-state index in [0.717, 1.165) is 29.5 Å². The molecule has 2 rings (SSSR count). The van der Waals surface area contributed by atoms with Gasteiger partial charge < -0.3 is 4.74 Å². The van der Waals surface area contributed by atoms with Crippen LogP contribution in [0.3, 0.4) is 0 Å². The molecule has 0 saturated heterocycles. The molecule has 1 fully saturated rings. The van der Waals surface area contributed by atoms with E-state index >= 15 is 0 Å². The maximum absolute atomic E-state index is 13.1. The quantitative estimate of drug-likeness (QED) is 0.791. The molecule has 0 N–H and O–H groups in total.